The van der Waals surface area contributed by atoms with Crippen LogP contribution < -0.4 is 11.1 Å². The standard InChI is InChI=1S/C22H22FN3O2S/c1-13-16-11-15(23)8-9-19(16)29-20(13)22(28)25-17-6-3-2-5-14(17)12-26-10-4-7-18(26)21(24)27/h2-3,5-6,8-9,11,18H,4,7,10,12H2,1H3,(H2,24,27)(H,25,28). The number of nitrogens with one attached hydrogen (secondary N) is 1. The van der Waals surface area contributed by atoms with Gasteiger partial charge in [-0.3, -0.25) is 14.5 Å². The van der Waals surface area contributed by atoms with E-state index in [1.807, 2.05) is 31.2 Å². The number of nitrogens with zero attached hydrogens (tertiary/aromatic N) is 1. The number of primary amides is 1. The Morgan fingerprint density at radius 2 is 2.07 bits per heavy atom. The van der Waals surface area contributed by atoms with Crippen LogP contribution in [0.15, 0.2) is 42.5 Å². The largest absolute Gasteiger partial charge is 0.368 e. The van der Waals surface area contributed by atoms with Crippen LogP contribution in [0.25, 0.3) is 10.1 Å². The first-order valence-electron chi connectivity index (χ1n) is 9.55. The lowest BCUT2D eigenvalue weighted by Crippen LogP contribution is -2.39. The van der Waals surface area contributed by atoms with Gasteiger partial charge < -0.3 is 11.1 Å². The van der Waals surface area contributed by atoms with E-state index in [0.717, 1.165) is 40.6 Å². The fourth-order valence-corrected chi connectivity index (χ4v) is 5.01. The number of hydrogen-bond acceptors (Lipinski definition) is 4. The molecule has 0 spiro atoms. The van der Waals surface area contributed by atoms with Gasteiger partial charge >= 0.3 is 0 Å². The summed E-state index contributed by atoms with van der Waals surface area (Å²) in [5, 5.41) is 3.76. The molecule has 4 rings (SSSR count). The van der Waals surface area contributed by atoms with E-state index in [2.05, 4.69) is 10.2 Å². The van der Waals surface area contributed by atoms with Crippen molar-refractivity contribution < 1.29 is 14.0 Å². The van der Waals surface area contributed by atoms with Gasteiger partial charge in [0.25, 0.3) is 5.91 Å². The lowest BCUT2D eigenvalue weighted by molar-refractivity contribution is -0.122. The Bertz CT molecular complexity index is 1090. The average Bonchev–Trinajstić information content (AvgIpc) is 3.28. The summed E-state index contributed by atoms with van der Waals surface area (Å²) in [5.74, 6) is -0.841. The third-order valence-electron chi connectivity index (χ3n) is 5.44. The van der Waals surface area contributed by atoms with E-state index in [1.165, 1.54) is 23.5 Å². The SMILES string of the molecule is Cc1c(C(=O)Nc2ccccc2CN2CCCC2C(N)=O)sc2ccc(F)cc12. The molecule has 0 bridgehead atoms. The second-order valence-corrected chi connectivity index (χ2v) is 8.39. The van der Waals surface area contributed by atoms with Gasteiger partial charge in [0, 0.05) is 16.9 Å². The Hall–Kier alpha value is -2.77. The molecule has 3 N–H and O–H groups in total. The van der Waals surface area contributed by atoms with E-state index in [-0.39, 0.29) is 23.7 Å². The minimum atomic E-state index is -0.315. The van der Waals surface area contributed by atoms with Crippen molar-refractivity contribution in [2.45, 2.75) is 32.4 Å². The maximum atomic E-state index is 13.6. The molecule has 1 saturated heterocycles. The molecule has 1 atom stereocenters. The lowest BCUT2D eigenvalue weighted by atomic mass is 10.1. The molecule has 150 valence electrons. The summed E-state index contributed by atoms with van der Waals surface area (Å²) >= 11 is 1.35. The molecule has 5 nitrogen and oxygen atoms in total. The van der Waals surface area contributed by atoms with Crippen molar-refractivity contribution in [3.8, 4) is 0 Å². The second kappa shape index (κ2) is 7.93. The molecule has 1 aliphatic heterocycles. The van der Waals surface area contributed by atoms with Gasteiger partial charge in [0.1, 0.15) is 5.82 Å². The smallest absolute Gasteiger partial charge is 0.266 e. The summed E-state index contributed by atoms with van der Waals surface area (Å²) in [6.07, 6.45) is 1.70. The molecule has 29 heavy (non-hydrogen) atoms. The monoisotopic (exact) mass is 411 g/mol. The highest BCUT2D eigenvalue weighted by Crippen LogP contribution is 2.32. The van der Waals surface area contributed by atoms with Crippen LogP contribution in [0.4, 0.5) is 10.1 Å². The number of aryl methyl sites for hydroxylation is 1. The molecule has 2 aromatic carbocycles. The number of carbonyl (C=O) groups excluding carboxylic acids is 2. The third-order valence-corrected chi connectivity index (χ3v) is 6.71. The van der Waals surface area contributed by atoms with E-state index < -0.39 is 0 Å². The van der Waals surface area contributed by atoms with Crippen LogP contribution in [-0.2, 0) is 11.3 Å². The van der Waals surface area contributed by atoms with Crippen molar-refractivity contribution in [3.63, 3.8) is 0 Å². The van der Waals surface area contributed by atoms with Crippen LogP contribution in [0.5, 0.6) is 0 Å². The molecular weight excluding hydrogens is 389 g/mol. The molecule has 2 heterocycles. The third kappa shape index (κ3) is 3.88. The molecule has 2 amide bonds. The zero-order chi connectivity index (χ0) is 20.5. The Labute approximate surface area is 172 Å². The Morgan fingerprint density at radius 3 is 2.86 bits per heavy atom. The zero-order valence-electron chi connectivity index (χ0n) is 16.1. The normalized spacial score (nSPS) is 17.0. The maximum Gasteiger partial charge on any atom is 0.266 e. The van der Waals surface area contributed by atoms with Crippen molar-refractivity contribution in [3.05, 3.63) is 64.3 Å². The van der Waals surface area contributed by atoms with Gasteiger partial charge in [0.2, 0.25) is 5.91 Å². The summed E-state index contributed by atoms with van der Waals surface area (Å²) in [6, 6.07) is 11.9. The van der Waals surface area contributed by atoms with Crippen molar-refractivity contribution in [1.29, 1.82) is 0 Å². The molecule has 7 heteroatoms. The first-order valence-corrected chi connectivity index (χ1v) is 10.4. The fraction of sp³-hybridized carbons (Fsp3) is 0.273. The Morgan fingerprint density at radius 1 is 1.28 bits per heavy atom. The molecule has 1 aliphatic rings. The van der Waals surface area contributed by atoms with Crippen LogP contribution in [0.1, 0.15) is 33.6 Å². The Balaban J connectivity index is 1.58. The van der Waals surface area contributed by atoms with Crippen LogP contribution in [0.2, 0.25) is 0 Å². The number of thiophene rings is 1. The summed E-state index contributed by atoms with van der Waals surface area (Å²) in [5.41, 5.74) is 7.93. The van der Waals surface area contributed by atoms with Gasteiger partial charge in [-0.05, 0) is 67.1 Å². The first-order chi connectivity index (χ1) is 13.9. The summed E-state index contributed by atoms with van der Waals surface area (Å²) < 4.78 is 14.5. The minimum absolute atomic E-state index is 0.218. The summed E-state index contributed by atoms with van der Waals surface area (Å²) in [4.78, 5) is 27.3. The van der Waals surface area contributed by atoms with E-state index in [1.54, 1.807) is 6.07 Å². The van der Waals surface area contributed by atoms with Crippen LogP contribution >= 0.6 is 11.3 Å². The number of benzene rings is 2. The lowest BCUT2D eigenvalue weighted by Gasteiger charge is -2.23. The second-order valence-electron chi connectivity index (χ2n) is 7.34. The van der Waals surface area contributed by atoms with E-state index in [4.69, 9.17) is 5.73 Å². The van der Waals surface area contributed by atoms with Crippen molar-refractivity contribution >= 4 is 38.9 Å². The molecule has 0 saturated carbocycles. The predicted molar refractivity (Wildman–Crippen MR) is 114 cm³/mol. The maximum absolute atomic E-state index is 13.6. The van der Waals surface area contributed by atoms with Gasteiger partial charge in [0.15, 0.2) is 0 Å². The number of hydrogen-bond donors (Lipinski definition) is 2. The zero-order valence-corrected chi connectivity index (χ0v) is 16.9. The molecule has 1 fully saturated rings. The number of halogens is 1. The molecule has 1 unspecified atom stereocenters. The number of likely N-dealkylation sites (tertiary alicyclic amines) is 1. The van der Waals surface area contributed by atoms with Crippen molar-refractivity contribution in [2.75, 3.05) is 11.9 Å². The molecular formula is C22H22FN3O2S. The average molecular weight is 412 g/mol. The van der Waals surface area contributed by atoms with Crippen LogP contribution in [0, 0.1) is 12.7 Å². The number of anilines is 1. The minimum Gasteiger partial charge on any atom is -0.368 e. The van der Waals surface area contributed by atoms with E-state index in [0.29, 0.717) is 17.1 Å². The van der Waals surface area contributed by atoms with Crippen LogP contribution in [0.3, 0.4) is 0 Å². The number of rotatable bonds is 5. The van der Waals surface area contributed by atoms with E-state index in [9.17, 15) is 14.0 Å². The summed E-state index contributed by atoms with van der Waals surface area (Å²) in [6.45, 7) is 3.18. The van der Waals surface area contributed by atoms with Gasteiger partial charge in [-0.25, -0.2) is 4.39 Å². The van der Waals surface area contributed by atoms with Gasteiger partial charge in [-0.2, -0.15) is 0 Å². The Kier molecular flexibility index (Phi) is 5.34. The quantitative estimate of drug-likeness (QED) is 0.665. The topological polar surface area (TPSA) is 75.4 Å². The van der Waals surface area contributed by atoms with Crippen LogP contribution in [-0.4, -0.2) is 29.3 Å². The number of fused-ring (bicyclic) bond motifs is 1. The highest BCUT2D eigenvalue weighted by Gasteiger charge is 2.29. The highest BCUT2D eigenvalue weighted by molar-refractivity contribution is 7.21. The predicted octanol–water partition coefficient (Wildman–Crippen LogP) is 4.05. The van der Waals surface area contributed by atoms with Gasteiger partial charge in [0.05, 0.1) is 10.9 Å². The number of para-hydroxylation sites is 1. The number of nitrogens with two attached hydrogens (primary N) is 1. The summed E-state index contributed by atoms with van der Waals surface area (Å²) in [7, 11) is 0. The first kappa shape index (κ1) is 19.5. The molecule has 0 radical (unpaired) electrons. The number of carbonyl (C=O) groups is 2. The van der Waals surface area contributed by atoms with Crippen molar-refractivity contribution in [1.82, 2.24) is 4.90 Å². The number of amides is 2. The van der Waals surface area contributed by atoms with Crippen molar-refractivity contribution in [2.24, 2.45) is 5.73 Å². The highest BCUT2D eigenvalue weighted by atomic mass is 32.1. The van der Waals surface area contributed by atoms with Gasteiger partial charge in [-0.15, -0.1) is 11.3 Å². The molecule has 0 aliphatic carbocycles. The molecule has 1 aromatic heterocycles. The van der Waals surface area contributed by atoms with Gasteiger partial charge in [-0.1, -0.05) is 18.2 Å². The molecule has 3 aromatic rings. The fourth-order valence-electron chi connectivity index (χ4n) is 3.93. The van der Waals surface area contributed by atoms with E-state index >= 15 is 0 Å².